The third-order valence-corrected chi connectivity index (χ3v) is 5.46. The highest BCUT2D eigenvalue weighted by Gasteiger charge is 2.35. The molecule has 0 bridgehead atoms. The molecule has 13 heteroatoms. The van der Waals surface area contributed by atoms with Gasteiger partial charge in [0.05, 0.1) is 10.6 Å². The summed E-state index contributed by atoms with van der Waals surface area (Å²) in [5.74, 6) is -0.607. The van der Waals surface area contributed by atoms with Gasteiger partial charge in [-0.1, -0.05) is 0 Å². The van der Waals surface area contributed by atoms with Crippen LogP contribution >= 0.6 is 11.3 Å². The number of amides is 1. The maximum atomic E-state index is 13.1. The van der Waals surface area contributed by atoms with Crippen LogP contribution in [-0.4, -0.2) is 29.1 Å². The van der Waals surface area contributed by atoms with Gasteiger partial charge in [0.25, 0.3) is 10.0 Å². The van der Waals surface area contributed by atoms with Crippen LogP contribution in [0.1, 0.15) is 12.6 Å². The number of nitrogens with one attached hydrogen (secondary N) is 2. The quantitative estimate of drug-likeness (QED) is 0.604. The maximum absolute atomic E-state index is 13.1. The van der Waals surface area contributed by atoms with Gasteiger partial charge in [-0.2, -0.15) is 18.3 Å². The molecule has 0 saturated carbocycles. The lowest BCUT2D eigenvalue weighted by atomic mass is 10.3. The fourth-order valence-electron chi connectivity index (χ4n) is 2.18. The van der Waals surface area contributed by atoms with Gasteiger partial charge < -0.3 is 0 Å². The van der Waals surface area contributed by atoms with Gasteiger partial charge in [-0.15, -0.1) is 16.2 Å². The summed E-state index contributed by atoms with van der Waals surface area (Å²) in [5, 5.41) is 5.54. The Bertz CT molecular complexity index is 1090. The molecule has 2 aromatic heterocycles. The Morgan fingerprint density at radius 3 is 2.43 bits per heavy atom. The monoisotopic (exact) mass is 431 g/mol. The van der Waals surface area contributed by atoms with E-state index in [1.165, 1.54) is 30.5 Å². The van der Waals surface area contributed by atoms with Gasteiger partial charge in [-0.05, 0) is 30.3 Å². The number of carbonyl (C=O) groups excluding carboxylic acids is 1. The number of benzene rings is 1. The Hall–Kier alpha value is -2.77. The number of rotatable bonds is 5. The minimum absolute atomic E-state index is 0.120. The number of nitrogens with zero attached hydrogens (tertiary/aromatic N) is 3. The molecule has 0 spiro atoms. The van der Waals surface area contributed by atoms with Crippen molar-refractivity contribution in [2.45, 2.75) is 18.0 Å². The van der Waals surface area contributed by atoms with Crippen molar-refractivity contribution in [1.82, 2.24) is 25.0 Å². The van der Waals surface area contributed by atoms with Crippen molar-refractivity contribution in [3.63, 3.8) is 0 Å². The third-order valence-electron chi connectivity index (χ3n) is 3.40. The molecule has 3 rings (SSSR count). The standard InChI is InChI=1S/C15H12F3N5O3S2/c1-9(24)20-22-28(25,26)11-4-2-10(3-5-11)23-12(14-19-6-7-27-14)8-13(21-23)15(16,17)18/h2-8,22H,1H3,(H,20,24). The summed E-state index contributed by atoms with van der Waals surface area (Å²) in [6.45, 7) is 1.13. The topological polar surface area (TPSA) is 106 Å². The van der Waals surface area contributed by atoms with Gasteiger partial charge in [-0.25, -0.2) is 18.1 Å². The molecule has 28 heavy (non-hydrogen) atoms. The van der Waals surface area contributed by atoms with E-state index in [2.05, 4.69) is 10.1 Å². The van der Waals surface area contributed by atoms with E-state index in [9.17, 15) is 26.4 Å². The summed E-state index contributed by atoms with van der Waals surface area (Å²) in [4.78, 5) is 16.6. The second-order valence-corrected chi connectivity index (χ2v) is 8.02. The largest absolute Gasteiger partial charge is 0.435 e. The second kappa shape index (κ2) is 7.33. The first-order valence-electron chi connectivity index (χ1n) is 7.54. The number of carbonyl (C=O) groups is 1. The molecule has 1 aromatic carbocycles. The van der Waals surface area contributed by atoms with Crippen molar-refractivity contribution in [3.8, 4) is 16.4 Å². The average Bonchev–Trinajstić information content (AvgIpc) is 3.29. The van der Waals surface area contributed by atoms with E-state index >= 15 is 0 Å². The molecule has 1 amide bonds. The Morgan fingerprint density at radius 1 is 1.21 bits per heavy atom. The highest BCUT2D eigenvalue weighted by Crippen LogP contribution is 2.33. The Kier molecular flexibility index (Phi) is 5.23. The molecule has 0 aliphatic rings. The van der Waals surface area contributed by atoms with E-state index in [1.54, 1.807) is 5.38 Å². The fraction of sp³-hybridized carbons (Fsp3) is 0.133. The first-order chi connectivity index (χ1) is 13.1. The van der Waals surface area contributed by atoms with E-state index in [1.807, 2.05) is 10.3 Å². The maximum Gasteiger partial charge on any atom is 0.435 e. The summed E-state index contributed by atoms with van der Waals surface area (Å²) < 4.78 is 64.5. The van der Waals surface area contributed by atoms with E-state index in [4.69, 9.17) is 0 Å². The van der Waals surface area contributed by atoms with Gasteiger partial charge in [0.2, 0.25) is 5.91 Å². The highest BCUT2D eigenvalue weighted by atomic mass is 32.2. The van der Waals surface area contributed by atoms with Crippen LogP contribution in [0.4, 0.5) is 13.2 Å². The lowest BCUT2D eigenvalue weighted by Gasteiger charge is -2.09. The summed E-state index contributed by atoms with van der Waals surface area (Å²) >= 11 is 1.14. The van der Waals surface area contributed by atoms with Crippen LogP contribution in [0.5, 0.6) is 0 Å². The molecule has 148 valence electrons. The normalized spacial score (nSPS) is 12.1. The van der Waals surface area contributed by atoms with Crippen LogP contribution in [0.2, 0.25) is 0 Å². The van der Waals surface area contributed by atoms with Crippen LogP contribution in [0.25, 0.3) is 16.4 Å². The molecular weight excluding hydrogens is 419 g/mol. The number of hydrogen-bond donors (Lipinski definition) is 2. The minimum atomic E-state index is -4.65. The SMILES string of the molecule is CC(=O)NNS(=O)(=O)c1ccc(-n2nc(C(F)(F)F)cc2-c2nccs2)cc1. The lowest BCUT2D eigenvalue weighted by molar-refractivity contribution is -0.141. The van der Waals surface area contributed by atoms with Gasteiger partial charge >= 0.3 is 6.18 Å². The number of sulfonamides is 1. The molecule has 0 radical (unpaired) electrons. The number of hydrazine groups is 1. The van der Waals surface area contributed by atoms with Gasteiger partial charge in [0.1, 0.15) is 10.7 Å². The number of aromatic nitrogens is 3. The number of alkyl halides is 3. The molecule has 0 unspecified atom stereocenters. The molecule has 8 nitrogen and oxygen atoms in total. The summed E-state index contributed by atoms with van der Waals surface area (Å²) in [6.07, 6.45) is -3.20. The average molecular weight is 431 g/mol. The Balaban J connectivity index is 2.00. The van der Waals surface area contributed by atoms with E-state index in [0.717, 1.165) is 29.0 Å². The highest BCUT2D eigenvalue weighted by molar-refractivity contribution is 7.89. The third kappa shape index (κ3) is 4.21. The smallest absolute Gasteiger partial charge is 0.278 e. The van der Waals surface area contributed by atoms with E-state index < -0.39 is 27.8 Å². The lowest BCUT2D eigenvalue weighted by Crippen LogP contribution is -2.40. The van der Waals surface area contributed by atoms with Crippen molar-refractivity contribution in [1.29, 1.82) is 0 Å². The molecular formula is C15H12F3N5O3S2. The minimum Gasteiger partial charge on any atom is -0.278 e. The van der Waals surface area contributed by atoms with Crippen molar-refractivity contribution in [2.24, 2.45) is 0 Å². The number of halogens is 3. The first-order valence-corrected chi connectivity index (χ1v) is 9.90. The Labute approximate surface area is 161 Å². The van der Waals surface area contributed by atoms with Crippen molar-refractivity contribution >= 4 is 27.3 Å². The second-order valence-electron chi connectivity index (χ2n) is 5.44. The zero-order valence-electron chi connectivity index (χ0n) is 14.1. The Morgan fingerprint density at radius 2 is 1.89 bits per heavy atom. The predicted molar refractivity (Wildman–Crippen MR) is 93.8 cm³/mol. The van der Waals surface area contributed by atoms with Gasteiger partial charge in [0.15, 0.2) is 5.69 Å². The molecule has 0 aliphatic carbocycles. The van der Waals surface area contributed by atoms with Crippen molar-refractivity contribution in [2.75, 3.05) is 0 Å². The van der Waals surface area contributed by atoms with Crippen molar-refractivity contribution in [3.05, 3.63) is 47.6 Å². The summed E-state index contributed by atoms with van der Waals surface area (Å²) in [5.41, 5.74) is 1.18. The van der Waals surface area contributed by atoms with Gasteiger partial charge in [0, 0.05) is 18.5 Å². The van der Waals surface area contributed by atoms with E-state index in [-0.39, 0.29) is 16.3 Å². The molecule has 0 saturated heterocycles. The van der Waals surface area contributed by atoms with Crippen LogP contribution in [0.3, 0.4) is 0 Å². The predicted octanol–water partition coefficient (Wildman–Crippen LogP) is 2.34. The zero-order chi connectivity index (χ0) is 20.5. The van der Waals surface area contributed by atoms with Crippen LogP contribution in [0.15, 0.2) is 46.8 Å². The fourth-order valence-corrected chi connectivity index (χ4v) is 3.71. The van der Waals surface area contributed by atoms with Crippen molar-refractivity contribution < 1.29 is 26.4 Å². The van der Waals surface area contributed by atoms with Gasteiger partial charge in [-0.3, -0.25) is 10.2 Å². The first kappa shape index (κ1) is 20.0. The molecule has 3 aromatic rings. The van der Waals surface area contributed by atoms with E-state index in [0.29, 0.717) is 5.01 Å². The number of thiazole rings is 1. The van der Waals surface area contributed by atoms with Crippen LogP contribution in [0, 0.1) is 0 Å². The molecule has 0 aliphatic heterocycles. The molecule has 2 N–H and O–H groups in total. The number of hydrogen-bond acceptors (Lipinski definition) is 6. The summed E-state index contributed by atoms with van der Waals surface area (Å²) in [7, 11) is -4.03. The molecule has 0 fully saturated rings. The van der Waals surface area contributed by atoms with Crippen LogP contribution in [-0.2, 0) is 21.0 Å². The molecule has 2 heterocycles. The molecule has 0 atom stereocenters. The summed E-state index contributed by atoms with van der Waals surface area (Å²) in [6, 6.07) is 5.83. The van der Waals surface area contributed by atoms with Crippen LogP contribution < -0.4 is 10.3 Å². The zero-order valence-corrected chi connectivity index (χ0v) is 15.7.